The van der Waals surface area contributed by atoms with Crippen molar-refractivity contribution >= 4 is 16.6 Å². The third-order valence-corrected chi connectivity index (χ3v) is 6.13. The fourth-order valence-corrected chi connectivity index (χ4v) is 4.34. The van der Waals surface area contributed by atoms with Crippen LogP contribution in [0, 0.1) is 12.7 Å². The third kappa shape index (κ3) is 4.61. The molecule has 7 heteroatoms. The first-order chi connectivity index (χ1) is 17.6. The second-order valence-corrected chi connectivity index (χ2v) is 8.60. The third-order valence-electron chi connectivity index (χ3n) is 6.13. The number of fused-ring (bicyclic) bond motifs is 1. The van der Waals surface area contributed by atoms with Gasteiger partial charge in [0.1, 0.15) is 5.82 Å². The number of allylic oxidation sites excluding steroid dienone is 2. The minimum Gasteiger partial charge on any atom is -0.357 e. The Morgan fingerprint density at radius 3 is 2.67 bits per heavy atom. The number of hydrogen-bond donors (Lipinski definition) is 3. The van der Waals surface area contributed by atoms with Crippen LogP contribution in [0.15, 0.2) is 79.8 Å². The second-order valence-electron chi connectivity index (χ2n) is 8.60. The summed E-state index contributed by atoms with van der Waals surface area (Å²) in [6, 6.07) is 12.8. The van der Waals surface area contributed by atoms with Crippen molar-refractivity contribution in [1.82, 2.24) is 30.5 Å². The average molecular weight is 479 g/mol. The minimum atomic E-state index is -0.266. The lowest BCUT2D eigenvalue weighted by Crippen LogP contribution is -2.11. The van der Waals surface area contributed by atoms with Crippen molar-refractivity contribution in [2.75, 3.05) is 6.54 Å². The van der Waals surface area contributed by atoms with Crippen LogP contribution in [0.5, 0.6) is 0 Å². The van der Waals surface area contributed by atoms with Crippen LogP contribution in [0.3, 0.4) is 0 Å². The number of nitrogens with zero attached hydrogens (tertiary/aromatic N) is 3. The van der Waals surface area contributed by atoms with Crippen molar-refractivity contribution in [2.24, 2.45) is 0 Å². The zero-order valence-electron chi connectivity index (χ0n) is 20.3. The lowest BCUT2D eigenvalue weighted by Gasteiger charge is -2.07. The van der Waals surface area contributed by atoms with Crippen LogP contribution < -0.4 is 5.32 Å². The van der Waals surface area contributed by atoms with E-state index in [0.717, 1.165) is 68.9 Å². The molecule has 3 N–H and O–H groups in total. The van der Waals surface area contributed by atoms with Gasteiger partial charge in [0.15, 0.2) is 5.65 Å². The molecule has 5 aromatic rings. The first-order valence-corrected chi connectivity index (χ1v) is 11.9. The number of pyridine rings is 2. The summed E-state index contributed by atoms with van der Waals surface area (Å²) in [7, 11) is 0. The summed E-state index contributed by atoms with van der Waals surface area (Å²) in [6.07, 6.45) is 9.23. The normalized spacial score (nSPS) is 11.8. The highest BCUT2D eigenvalue weighted by Crippen LogP contribution is 2.33. The molecule has 0 spiro atoms. The summed E-state index contributed by atoms with van der Waals surface area (Å²) in [4.78, 5) is 12.5. The molecule has 0 saturated carbocycles. The highest BCUT2D eigenvalue weighted by molar-refractivity contribution is 5.94. The molecular weight excluding hydrogens is 451 g/mol. The van der Waals surface area contributed by atoms with Crippen molar-refractivity contribution < 1.29 is 4.39 Å². The van der Waals surface area contributed by atoms with Gasteiger partial charge in [0.05, 0.1) is 11.4 Å². The number of hydrogen-bond acceptors (Lipinski definition) is 4. The Balaban J connectivity index is 1.55. The largest absolute Gasteiger partial charge is 0.357 e. The number of aromatic nitrogens is 5. The molecule has 0 atom stereocenters. The molecule has 4 aromatic heterocycles. The molecule has 0 fully saturated rings. The standard InChI is InChI=1S/C29H27FN6/c1-4-6-24(20-7-9-23(30)10-8-20)25-13-27(34-18(25)3)28-26-12-22(17-33-29(26)36-35-28)21-11-19(14-31-5-2)15-32-16-21/h4,6-13,15-17,31,34H,1,5,14H2,2-3H3,(H,33,35,36)/b24-6-. The molecule has 0 aliphatic carbocycles. The quantitative estimate of drug-likeness (QED) is 0.232. The summed E-state index contributed by atoms with van der Waals surface area (Å²) in [6.45, 7) is 9.63. The predicted molar refractivity (Wildman–Crippen MR) is 143 cm³/mol. The lowest BCUT2D eigenvalue weighted by atomic mass is 9.97. The molecule has 5 rings (SSSR count). The monoisotopic (exact) mass is 478 g/mol. The second kappa shape index (κ2) is 10.1. The van der Waals surface area contributed by atoms with E-state index in [2.05, 4.69) is 62.2 Å². The van der Waals surface area contributed by atoms with Crippen LogP contribution in [0.1, 0.15) is 29.3 Å². The molecule has 6 nitrogen and oxygen atoms in total. The number of rotatable bonds is 8. The number of nitrogens with one attached hydrogen (secondary N) is 3. The van der Waals surface area contributed by atoms with Gasteiger partial charge in [-0.05, 0) is 60.5 Å². The summed E-state index contributed by atoms with van der Waals surface area (Å²) in [5.41, 5.74) is 9.32. The van der Waals surface area contributed by atoms with Gasteiger partial charge < -0.3 is 10.3 Å². The summed E-state index contributed by atoms with van der Waals surface area (Å²) < 4.78 is 13.5. The Morgan fingerprint density at radius 2 is 1.89 bits per heavy atom. The van der Waals surface area contributed by atoms with Gasteiger partial charge in [-0.15, -0.1) is 0 Å². The highest BCUT2D eigenvalue weighted by atomic mass is 19.1. The molecular formula is C29H27FN6. The Morgan fingerprint density at radius 1 is 1.08 bits per heavy atom. The van der Waals surface area contributed by atoms with Crippen molar-refractivity contribution in [3.63, 3.8) is 0 Å². The molecule has 0 aliphatic rings. The average Bonchev–Trinajstić information content (AvgIpc) is 3.49. The van der Waals surface area contributed by atoms with Crippen LogP contribution in [0.25, 0.3) is 39.1 Å². The van der Waals surface area contributed by atoms with Gasteiger partial charge in [-0.1, -0.05) is 37.8 Å². The van der Waals surface area contributed by atoms with Gasteiger partial charge in [-0.3, -0.25) is 10.1 Å². The summed E-state index contributed by atoms with van der Waals surface area (Å²) in [5.74, 6) is -0.266. The molecule has 0 unspecified atom stereocenters. The van der Waals surface area contributed by atoms with Gasteiger partial charge in [0.25, 0.3) is 0 Å². The van der Waals surface area contributed by atoms with Crippen LogP contribution >= 0.6 is 0 Å². The lowest BCUT2D eigenvalue weighted by molar-refractivity contribution is 0.627. The van der Waals surface area contributed by atoms with Crippen molar-refractivity contribution in [2.45, 2.75) is 20.4 Å². The van der Waals surface area contributed by atoms with Crippen molar-refractivity contribution in [3.05, 3.63) is 108 Å². The maximum atomic E-state index is 13.5. The summed E-state index contributed by atoms with van der Waals surface area (Å²) >= 11 is 0. The highest BCUT2D eigenvalue weighted by Gasteiger charge is 2.17. The first-order valence-electron chi connectivity index (χ1n) is 11.9. The predicted octanol–water partition coefficient (Wildman–Crippen LogP) is 6.19. The molecule has 1 aromatic carbocycles. The zero-order valence-corrected chi connectivity index (χ0v) is 20.3. The Kier molecular flexibility index (Phi) is 6.56. The molecule has 0 amide bonds. The van der Waals surface area contributed by atoms with E-state index in [4.69, 9.17) is 0 Å². The van der Waals surface area contributed by atoms with E-state index in [1.54, 1.807) is 18.2 Å². The number of halogens is 1. The molecule has 36 heavy (non-hydrogen) atoms. The van der Waals surface area contributed by atoms with E-state index < -0.39 is 0 Å². The minimum absolute atomic E-state index is 0.266. The fraction of sp³-hybridized carbons (Fsp3) is 0.138. The Bertz CT molecular complexity index is 1560. The van der Waals surface area contributed by atoms with Crippen LogP contribution in [-0.2, 0) is 6.54 Å². The SMILES string of the molecule is C=C/C=C(/c1ccc(F)cc1)c1cc(-c2[nH]nc3ncc(-c4cncc(CNCC)c4)cc23)[nH]c1C. The van der Waals surface area contributed by atoms with E-state index in [1.807, 2.05) is 31.6 Å². The number of benzene rings is 1. The van der Waals surface area contributed by atoms with Gasteiger partial charge in [0.2, 0.25) is 0 Å². The van der Waals surface area contributed by atoms with E-state index >= 15 is 0 Å². The molecule has 0 radical (unpaired) electrons. The van der Waals surface area contributed by atoms with Crippen LogP contribution in [-0.4, -0.2) is 31.7 Å². The fourth-order valence-electron chi connectivity index (χ4n) is 4.34. The number of H-pyrrole nitrogens is 2. The van der Waals surface area contributed by atoms with Gasteiger partial charge in [0, 0.05) is 52.9 Å². The molecule has 180 valence electrons. The topological polar surface area (TPSA) is 82.3 Å². The van der Waals surface area contributed by atoms with Crippen molar-refractivity contribution in [1.29, 1.82) is 0 Å². The molecule has 4 heterocycles. The van der Waals surface area contributed by atoms with E-state index in [-0.39, 0.29) is 5.82 Å². The van der Waals surface area contributed by atoms with Gasteiger partial charge in [-0.2, -0.15) is 5.10 Å². The maximum Gasteiger partial charge on any atom is 0.181 e. The Labute approximate surface area is 209 Å². The van der Waals surface area contributed by atoms with E-state index in [9.17, 15) is 4.39 Å². The van der Waals surface area contributed by atoms with Crippen molar-refractivity contribution in [3.8, 4) is 22.5 Å². The van der Waals surface area contributed by atoms with E-state index in [0.29, 0.717) is 5.65 Å². The zero-order chi connectivity index (χ0) is 25.1. The Hall–Kier alpha value is -4.36. The number of aromatic amines is 2. The smallest absolute Gasteiger partial charge is 0.181 e. The first kappa shape index (κ1) is 23.4. The van der Waals surface area contributed by atoms with Crippen LogP contribution in [0.4, 0.5) is 4.39 Å². The van der Waals surface area contributed by atoms with Crippen LogP contribution in [0.2, 0.25) is 0 Å². The van der Waals surface area contributed by atoms with Gasteiger partial charge in [-0.25, -0.2) is 9.37 Å². The van der Waals surface area contributed by atoms with Gasteiger partial charge >= 0.3 is 0 Å². The summed E-state index contributed by atoms with van der Waals surface area (Å²) in [5, 5.41) is 11.8. The van der Waals surface area contributed by atoms with E-state index in [1.165, 1.54) is 12.1 Å². The maximum absolute atomic E-state index is 13.5. The molecule has 0 bridgehead atoms. The number of aryl methyl sites for hydroxylation is 1. The molecule has 0 saturated heterocycles. The molecule has 0 aliphatic heterocycles.